The molecule has 2 fully saturated rings. The van der Waals surface area contributed by atoms with E-state index in [-0.39, 0.29) is 45.2 Å². The molecule has 8 nitrogen and oxygen atoms in total. The number of nitrogens with one attached hydrogen (secondary N) is 2. The summed E-state index contributed by atoms with van der Waals surface area (Å²) in [5.74, 6) is -0.0654. The average Bonchev–Trinajstić information content (AvgIpc) is 3.62. The van der Waals surface area contributed by atoms with Gasteiger partial charge in [-0.3, -0.25) is 9.59 Å². The Morgan fingerprint density at radius 1 is 1.24 bits per heavy atom. The van der Waals surface area contributed by atoms with Crippen molar-refractivity contribution >= 4 is 29.0 Å². The number of aromatic nitrogens is 2. The van der Waals surface area contributed by atoms with Crippen molar-refractivity contribution < 1.29 is 23.5 Å². The maximum Gasteiger partial charge on any atom is 0.280 e. The number of likely N-dealkylation sites (tertiary alicyclic amines) is 1. The molecule has 2 aromatic rings. The lowest BCUT2D eigenvalue weighted by Crippen LogP contribution is -2.42. The van der Waals surface area contributed by atoms with Gasteiger partial charge in [0.25, 0.3) is 18.2 Å². The highest BCUT2D eigenvalue weighted by Gasteiger charge is 2.32. The van der Waals surface area contributed by atoms with Gasteiger partial charge in [-0.2, -0.15) is 0 Å². The number of aliphatic hydroxyl groups is 1. The van der Waals surface area contributed by atoms with E-state index in [0.29, 0.717) is 24.8 Å². The fourth-order valence-electron chi connectivity index (χ4n) is 4.16. The molecule has 0 spiro atoms. The molecular weight excluding hydrogens is 512 g/mol. The summed E-state index contributed by atoms with van der Waals surface area (Å²) < 4.78 is 28.4. The van der Waals surface area contributed by atoms with Crippen molar-refractivity contribution in [3.63, 3.8) is 0 Å². The van der Waals surface area contributed by atoms with Crippen LogP contribution in [0.3, 0.4) is 0 Å². The SMILES string of the molecule is CC.CC1CCCCN1C(=O)c1nc(C(=O)NCC(C)(C)O)sc1-c1cnc(NCC2CC2)cc1C(F)F. The molecule has 0 aromatic carbocycles. The third-order valence-corrected chi connectivity index (χ3v) is 7.54. The molecule has 1 unspecified atom stereocenters. The van der Waals surface area contributed by atoms with Gasteiger partial charge in [0.2, 0.25) is 0 Å². The summed E-state index contributed by atoms with van der Waals surface area (Å²) in [7, 11) is 0. The van der Waals surface area contributed by atoms with Crippen LogP contribution in [0.25, 0.3) is 10.4 Å². The lowest BCUT2D eigenvalue weighted by Gasteiger charge is -2.33. The summed E-state index contributed by atoms with van der Waals surface area (Å²) >= 11 is 0.884. The lowest BCUT2D eigenvalue weighted by molar-refractivity contribution is 0.0630. The third-order valence-electron chi connectivity index (χ3n) is 6.45. The molecule has 4 rings (SSSR count). The van der Waals surface area contributed by atoms with E-state index in [1.54, 1.807) is 18.7 Å². The number of pyridine rings is 1. The first-order chi connectivity index (χ1) is 18.0. The van der Waals surface area contributed by atoms with E-state index >= 15 is 0 Å². The Kier molecular flexibility index (Phi) is 10.2. The topological polar surface area (TPSA) is 107 Å². The van der Waals surface area contributed by atoms with Crippen molar-refractivity contribution in [1.82, 2.24) is 20.2 Å². The molecule has 3 heterocycles. The highest BCUT2D eigenvalue weighted by atomic mass is 32.1. The summed E-state index contributed by atoms with van der Waals surface area (Å²) in [4.78, 5) is 36.9. The average molecular weight is 552 g/mol. The first-order valence-corrected chi connectivity index (χ1v) is 14.2. The summed E-state index contributed by atoms with van der Waals surface area (Å²) in [5, 5.41) is 15.6. The number of nitrogens with zero attached hydrogens (tertiary/aromatic N) is 3. The normalized spacial score (nSPS) is 17.6. The van der Waals surface area contributed by atoms with Gasteiger partial charge in [-0.05, 0) is 64.9 Å². The maximum absolute atomic E-state index is 14.2. The third kappa shape index (κ3) is 7.69. The standard InChI is InChI=1S/C25H33F2N5O3S.C2H6/c1-14-6-4-5-9-32(14)24(34)19-20(36-23(31-19)22(33)30-13-25(2,3)35)17-12-29-18(10-16(17)21(26)27)28-11-15-7-8-15;1-2/h10,12,14-15,21,35H,4-9,11,13H2,1-3H3,(H,28,29)(H,30,33);1-2H3. The Balaban J connectivity index is 0.00000195. The number of alkyl halides is 2. The van der Waals surface area contributed by atoms with Crippen LogP contribution >= 0.6 is 11.3 Å². The number of piperidine rings is 1. The van der Waals surface area contributed by atoms with Crippen molar-refractivity contribution in [3.05, 3.63) is 28.5 Å². The van der Waals surface area contributed by atoms with Gasteiger partial charge in [0.1, 0.15) is 11.5 Å². The number of carbonyl (C=O) groups is 2. The molecule has 38 heavy (non-hydrogen) atoms. The first kappa shape index (κ1) is 29.9. The van der Waals surface area contributed by atoms with Crippen LogP contribution in [0.2, 0.25) is 0 Å². The Labute approximate surface area is 227 Å². The Hall–Kier alpha value is -2.66. The minimum Gasteiger partial charge on any atom is -0.389 e. The molecule has 3 N–H and O–H groups in total. The van der Waals surface area contributed by atoms with E-state index < -0.39 is 17.9 Å². The fourth-order valence-corrected chi connectivity index (χ4v) is 5.17. The zero-order valence-corrected chi connectivity index (χ0v) is 23.6. The second kappa shape index (κ2) is 12.9. The van der Waals surface area contributed by atoms with Crippen LogP contribution in [-0.4, -0.2) is 63.1 Å². The zero-order valence-electron chi connectivity index (χ0n) is 22.8. The molecule has 0 bridgehead atoms. The quantitative estimate of drug-likeness (QED) is 0.380. The summed E-state index contributed by atoms with van der Waals surface area (Å²) in [6, 6.07) is 1.29. The second-order valence-corrected chi connectivity index (χ2v) is 11.3. The molecule has 1 atom stereocenters. The van der Waals surface area contributed by atoms with Gasteiger partial charge in [0.05, 0.1) is 10.5 Å². The minimum atomic E-state index is -2.81. The molecule has 1 aliphatic carbocycles. The Bertz CT molecular complexity index is 1110. The van der Waals surface area contributed by atoms with E-state index in [9.17, 15) is 23.5 Å². The molecule has 0 radical (unpaired) electrons. The van der Waals surface area contributed by atoms with Gasteiger partial charge in [0, 0.05) is 43.0 Å². The lowest BCUT2D eigenvalue weighted by atomic mass is 10.0. The molecule has 1 saturated heterocycles. The van der Waals surface area contributed by atoms with Gasteiger partial charge in [-0.25, -0.2) is 18.7 Å². The van der Waals surface area contributed by atoms with Gasteiger partial charge in [-0.15, -0.1) is 11.3 Å². The van der Waals surface area contributed by atoms with Crippen LogP contribution in [0.15, 0.2) is 12.3 Å². The summed E-state index contributed by atoms with van der Waals surface area (Å²) in [6.07, 6.45) is 3.46. The van der Waals surface area contributed by atoms with Gasteiger partial charge in [0.15, 0.2) is 5.01 Å². The van der Waals surface area contributed by atoms with E-state index in [0.717, 1.165) is 43.4 Å². The van der Waals surface area contributed by atoms with Crippen molar-refractivity contribution in [2.45, 2.75) is 84.8 Å². The molecule has 2 aromatic heterocycles. The van der Waals surface area contributed by atoms with E-state index in [1.165, 1.54) is 12.3 Å². The number of hydrogen-bond donors (Lipinski definition) is 3. The molecule has 2 amide bonds. The monoisotopic (exact) mass is 551 g/mol. The maximum atomic E-state index is 14.2. The van der Waals surface area contributed by atoms with Crippen molar-refractivity contribution in [2.75, 3.05) is 25.0 Å². The van der Waals surface area contributed by atoms with Crippen molar-refractivity contribution in [3.8, 4) is 10.4 Å². The van der Waals surface area contributed by atoms with Crippen molar-refractivity contribution in [1.29, 1.82) is 0 Å². The van der Waals surface area contributed by atoms with Crippen LogP contribution in [0.1, 0.15) is 99.0 Å². The molecule has 1 aliphatic heterocycles. The number of carbonyl (C=O) groups excluding carboxylic acids is 2. The summed E-state index contributed by atoms with van der Waals surface area (Å²) in [5.41, 5.74) is -1.34. The molecule has 2 aliphatic rings. The van der Waals surface area contributed by atoms with Crippen LogP contribution in [0.5, 0.6) is 0 Å². The minimum absolute atomic E-state index is 0.0186. The molecule has 210 valence electrons. The molecule has 1 saturated carbocycles. The number of rotatable bonds is 9. The van der Waals surface area contributed by atoms with Crippen LogP contribution in [-0.2, 0) is 0 Å². The van der Waals surface area contributed by atoms with Crippen LogP contribution in [0, 0.1) is 5.92 Å². The van der Waals surface area contributed by atoms with Gasteiger partial charge in [-0.1, -0.05) is 13.8 Å². The number of thiazole rings is 1. The Morgan fingerprint density at radius 3 is 2.55 bits per heavy atom. The number of anilines is 1. The zero-order chi connectivity index (χ0) is 28.0. The number of hydrogen-bond acceptors (Lipinski definition) is 7. The number of halogens is 2. The molecule has 11 heteroatoms. The fraction of sp³-hybridized carbons (Fsp3) is 0.630. The summed E-state index contributed by atoms with van der Waals surface area (Å²) in [6.45, 7) is 10.2. The Morgan fingerprint density at radius 2 is 1.95 bits per heavy atom. The highest BCUT2D eigenvalue weighted by molar-refractivity contribution is 7.17. The van der Waals surface area contributed by atoms with Gasteiger partial charge < -0.3 is 20.6 Å². The predicted molar refractivity (Wildman–Crippen MR) is 146 cm³/mol. The van der Waals surface area contributed by atoms with Crippen molar-refractivity contribution in [2.24, 2.45) is 5.92 Å². The largest absolute Gasteiger partial charge is 0.389 e. The second-order valence-electron chi connectivity index (χ2n) is 10.3. The van der Waals surface area contributed by atoms with E-state index in [2.05, 4.69) is 20.6 Å². The predicted octanol–water partition coefficient (Wildman–Crippen LogP) is 5.51. The first-order valence-electron chi connectivity index (χ1n) is 13.4. The van der Waals surface area contributed by atoms with E-state index in [4.69, 9.17) is 0 Å². The molecular formula is C27H39F2N5O3S. The highest BCUT2D eigenvalue weighted by Crippen LogP contribution is 2.39. The van der Waals surface area contributed by atoms with E-state index in [1.807, 2.05) is 20.8 Å². The van der Waals surface area contributed by atoms with Crippen LogP contribution < -0.4 is 10.6 Å². The van der Waals surface area contributed by atoms with Gasteiger partial charge >= 0.3 is 0 Å². The smallest absolute Gasteiger partial charge is 0.280 e. The van der Waals surface area contributed by atoms with Crippen LogP contribution in [0.4, 0.5) is 14.6 Å². The number of amides is 2.